The lowest BCUT2D eigenvalue weighted by Gasteiger charge is -2.28. The summed E-state index contributed by atoms with van der Waals surface area (Å²) < 4.78 is 42.9. The van der Waals surface area contributed by atoms with Crippen molar-refractivity contribution in [3.8, 4) is 0 Å². The molecule has 0 bridgehead atoms. The molecule has 0 aliphatic rings. The first kappa shape index (κ1) is 14.3. The minimum absolute atomic E-state index is 0.0323. The zero-order valence-electron chi connectivity index (χ0n) is 9.44. The van der Waals surface area contributed by atoms with E-state index in [-0.39, 0.29) is 17.1 Å². The van der Waals surface area contributed by atoms with Gasteiger partial charge in [-0.05, 0) is 25.1 Å². The van der Waals surface area contributed by atoms with E-state index in [2.05, 4.69) is 0 Å². The fourth-order valence-electron chi connectivity index (χ4n) is 1.41. The van der Waals surface area contributed by atoms with Crippen LogP contribution in [0.4, 0.5) is 13.2 Å². The second-order valence-electron chi connectivity index (χ2n) is 3.83. The summed E-state index contributed by atoms with van der Waals surface area (Å²) in [5.74, 6) is 0. The summed E-state index contributed by atoms with van der Waals surface area (Å²) in [7, 11) is 1.38. The van der Waals surface area contributed by atoms with Gasteiger partial charge in [-0.25, -0.2) is 0 Å². The molecule has 0 aromatic heterocycles. The molecule has 0 spiro atoms. The Morgan fingerprint density at radius 1 is 1.35 bits per heavy atom. The highest BCUT2D eigenvalue weighted by molar-refractivity contribution is 6.31. The van der Waals surface area contributed by atoms with Crippen molar-refractivity contribution in [2.45, 2.75) is 18.7 Å². The van der Waals surface area contributed by atoms with E-state index in [0.717, 1.165) is 12.1 Å². The Labute approximate surface area is 103 Å². The maximum absolute atomic E-state index is 12.6. The summed E-state index contributed by atoms with van der Waals surface area (Å²) in [6, 6.07) is 3.10. The van der Waals surface area contributed by atoms with Crippen LogP contribution >= 0.6 is 11.6 Å². The van der Waals surface area contributed by atoms with Gasteiger partial charge < -0.3 is 10.5 Å². The number of rotatable bonds is 3. The highest BCUT2D eigenvalue weighted by atomic mass is 35.5. The molecule has 0 saturated carbocycles. The van der Waals surface area contributed by atoms with Crippen molar-refractivity contribution < 1.29 is 17.9 Å². The van der Waals surface area contributed by atoms with Crippen LogP contribution in [-0.2, 0) is 16.5 Å². The maximum atomic E-state index is 12.6. The van der Waals surface area contributed by atoms with Crippen LogP contribution in [0.25, 0.3) is 0 Å². The summed E-state index contributed by atoms with van der Waals surface area (Å²) in [5, 5.41) is 0.202. The predicted octanol–water partition coefficient (Wildman–Crippen LogP) is 3.18. The molecule has 0 radical (unpaired) electrons. The van der Waals surface area contributed by atoms with Crippen LogP contribution < -0.4 is 5.73 Å². The predicted molar refractivity (Wildman–Crippen MR) is 59.9 cm³/mol. The number of benzene rings is 1. The molecular weight excluding hydrogens is 255 g/mol. The van der Waals surface area contributed by atoms with E-state index in [1.165, 1.54) is 13.2 Å². The van der Waals surface area contributed by atoms with Crippen molar-refractivity contribution in [2.24, 2.45) is 5.73 Å². The van der Waals surface area contributed by atoms with Gasteiger partial charge in [0.05, 0.1) is 5.56 Å². The second-order valence-corrected chi connectivity index (χ2v) is 4.24. The molecule has 0 amide bonds. The van der Waals surface area contributed by atoms with Crippen LogP contribution in [-0.4, -0.2) is 13.7 Å². The molecule has 2 N–H and O–H groups in total. The highest BCUT2D eigenvalue weighted by Crippen LogP contribution is 2.36. The number of hydrogen-bond acceptors (Lipinski definition) is 2. The van der Waals surface area contributed by atoms with Gasteiger partial charge in [-0.1, -0.05) is 11.6 Å². The molecular formula is C11H13ClF3NO. The van der Waals surface area contributed by atoms with Gasteiger partial charge in [0.15, 0.2) is 0 Å². The standard InChI is InChI=1S/C11H13ClF3NO/c1-10(6-16,17-2)8-5-7(11(13,14)15)3-4-9(8)12/h3-5H,6,16H2,1-2H3. The van der Waals surface area contributed by atoms with Crippen LogP contribution in [0.5, 0.6) is 0 Å². The highest BCUT2D eigenvalue weighted by Gasteiger charge is 2.34. The summed E-state index contributed by atoms with van der Waals surface area (Å²) in [6.07, 6.45) is -4.41. The van der Waals surface area contributed by atoms with Crippen LogP contribution in [0.15, 0.2) is 18.2 Å². The molecule has 2 nitrogen and oxygen atoms in total. The smallest absolute Gasteiger partial charge is 0.372 e. The molecule has 1 atom stereocenters. The molecule has 0 fully saturated rings. The molecule has 1 unspecified atom stereocenters. The van der Waals surface area contributed by atoms with Gasteiger partial charge in [0.1, 0.15) is 5.60 Å². The fraction of sp³-hybridized carbons (Fsp3) is 0.455. The minimum atomic E-state index is -4.41. The van der Waals surface area contributed by atoms with E-state index in [1.807, 2.05) is 0 Å². The van der Waals surface area contributed by atoms with Crippen LogP contribution in [0, 0.1) is 0 Å². The third-order valence-corrected chi connectivity index (χ3v) is 3.03. The lowest BCUT2D eigenvalue weighted by atomic mass is 9.94. The maximum Gasteiger partial charge on any atom is 0.416 e. The number of hydrogen-bond donors (Lipinski definition) is 1. The van der Waals surface area contributed by atoms with Gasteiger partial charge in [-0.2, -0.15) is 13.2 Å². The molecule has 96 valence electrons. The van der Waals surface area contributed by atoms with Crippen molar-refractivity contribution in [3.05, 3.63) is 34.3 Å². The third kappa shape index (κ3) is 2.91. The van der Waals surface area contributed by atoms with Crippen molar-refractivity contribution in [2.75, 3.05) is 13.7 Å². The first-order chi connectivity index (χ1) is 7.74. The Morgan fingerprint density at radius 3 is 2.35 bits per heavy atom. The molecule has 17 heavy (non-hydrogen) atoms. The van der Waals surface area contributed by atoms with E-state index in [9.17, 15) is 13.2 Å². The fourth-order valence-corrected chi connectivity index (χ4v) is 1.73. The lowest BCUT2D eigenvalue weighted by molar-refractivity contribution is -0.137. The first-order valence-corrected chi connectivity index (χ1v) is 5.25. The zero-order chi connectivity index (χ0) is 13.3. The third-order valence-electron chi connectivity index (χ3n) is 2.70. The Balaban J connectivity index is 3.33. The van der Waals surface area contributed by atoms with E-state index < -0.39 is 17.3 Å². The van der Waals surface area contributed by atoms with Crippen molar-refractivity contribution in [1.29, 1.82) is 0 Å². The number of nitrogens with two attached hydrogens (primary N) is 1. The van der Waals surface area contributed by atoms with Gasteiger partial charge in [0.2, 0.25) is 0 Å². The Hall–Kier alpha value is -0.780. The number of alkyl halides is 3. The minimum Gasteiger partial charge on any atom is -0.372 e. The van der Waals surface area contributed by atoms with Crippen LogP contribution in [0.1, 0.15) is 18.1 Å². The zero-order valence-corrected chi connectivity index (χ0v) is 10.2. The van der Waals surface area contributed by atoms with Gasteiger partial charge in [-0.15, -0.1) is 0 Å². The van der Waals surface area contributed by atoms with Crippen molar-refractivity contribution >= 4 is 11.6 Å². The number of methoxy groups -OCH3 is 1. The summed E-state index contributed by atoms with van der Waals surface area (Å²) in [6.45, 7) is 1.62. The van der Waals surface area contributed by atoms with Gasteiger partial charge in [-0.3, -0.25) is 0 Å². The largest absolute Gasteiger partial charge is 0.416 e. The average molecular weight is 268 g/mol. The normalized spacial score (nSPS) is 15.7. The molecule has 0 saturated heterocycles. The van der Waals surface area contributed by atoms with E-state index >= 15 is 0 Å². The Bertz CT molecular complexity index is 402. The first-order valence-electron chi connectivity index (χ1n) is 4.87. The molecule has 0 heterocycles. The molecule has 1 aromatic carbocycles. The summed E-state index contributed by atoms with van der Waals surface area (Å²) >= 11 is 5.89. The second kappa shape index (κ2) is 4.84. The molecule has 1 aromatic rings. The Kier molecular flexibility index (Phi) is 4.06. The summed E-state index contributed by atoms with van der Waals surface area (Å²) in [4.78, 5) is 0. The average Bonchev–Trinajstić information content (AvgIpc) is 2.27. The quantitative estimate of drug-likeness (QED) is 0.913. The topological polar surface area (TPSA) is 35.2 Å². The van der Waals surface area contributed by atoms with Crippen molar-refractivity contribution in [1.82, 2.24) is 0 Å². The monoisotopic (exact) mass is 267 g/mol. The molecule has 0 aliphatic carbocycles. The number of halogens is 4. The van der Waals surface area contributed by atoms with Gasteiger partial charge >= 0.3 is 6.18 Å². The molecule has 6 heteroatoms. The van der Waals surface area contributed by atoms with Crippen molar-refractivity contribution in [3.63, 3.8) is 0 Å². The summed E-state index contributed by atoms with van der Waals surface area (Å²) in [5.41, 5.74) is 3.95. The van der Waals surface area contributed by atoms with E-state index in [0.29, 0.717) is 0 Å². The Morgan fingerprint density at radius 2 is 1.94 bits per heavy atom. The SMILES string of the molecule is COC(C)(CN)c1cc(C(F)(F)F)ccc1Cl. The van der Waals surface area contributed by atoms with Crippen LogP contribution in [0.2, 0.25) is 5.02 Å². The van der Waals surface area contributed by atoms with E-state index in [1.54, 1.807) is 6.92 Å². The van der Waals surface area contributed by atoms with Crippen LogP contribution in [0.3, 0.4) is 0 Å². The van der Waals surface area contributed by atoms with Gasteiger partial charge in [0, 0.05) is 24.2 Å². The molecule has 1 rings (SSSR count). The molecule has 0 aliphatic heterocycles. The van der Waals surface area contributed by atoms with E-state index in [4.69, 9.17) is 22.1 Å². The number of ether oxygens (including phenoxy) is 1. The lowest BCUT2D eigenvalue weighted by Crippen LogP contribution is -2.34. The van der Waals surface area contributed by atoms with Gasteiger partial charge in [0.25, 0.3) is 0 Å².